The molecule has 1 atom stereocenters. The van der Waals surface area contributed by atoms with Crippen molar-refractivity contribution in [3.8, 4) is 0 Å². The van der Waals surface area contributed by atoms with E-state index in [1.54, 1.807) is 19.1 Å². The molecule has 5 heteroatoms. The van der Waals surface area contributed by atoms with Gasteiger partial charge in [-0.1, -0.05) is 31.2 Å². The summed E-state index contributed by atoms with van der Waals surface area (Å²) in [4.78, 5) is 23.9. The molecule has 0 amide bonds. The van der Waals surface area contributed by atoms with E-state index in [1.165, 1.54) is 6.92 Å². The van der Waals surface area contributed by atoms with Gasteiger partial charge >= 0.3 is 0 Å². The van der Waals surface area contributed by atoms with E-state index < -0.39 is 9.84 Å². The molecule has 0 radical (unpaired) electrons. The predicted molar refractivity (Wildman–Crippen MR) is 104 cm³/mol. The number of carbonyl (C=O) groups is 2. The summed E-state index contributed by atoms with van der Waals surface area (Å²) in [6.07, 6.45) is 4.23. The van der Waals surface area contributed by atoms with Crippen LogP contribution in [0.2, 0.25) is 0 Å². The van der Waals surface area contributed by atoms with Crippen LogP contribution < -0.4 is 0 Å². The second-order valence-corrected chi connectivity index (χ2v) is 10.1. The van der Waals surface area contributed by atoms with Crippen LogP contribution in [0.25, 0.3) is 0 Å². The van der Waals surface area contributed by atoms with E-state index in [-0.39, 0.29) is 34.4 Å². The standard InChI is InChI=1S/C21H30O4S/c1-4-15(2)26(24,25)14-18-7-11-20(12-8-18)21(23)13-17-5-9-19(10-6-17)16(3)22/h5-6,9-10,15,18,20H,4,7-8,11-14H2,1-3H3. The molecule has 0 spiro atoms. The van der Waals surface area contributed by atoms with E-state index in [0.717, 1.165) is 31.2 Å². The lowest BCUT2D eigenvalue weighted by Gasteiger charge is -2.28. The van der Waals surface area contributed by atoms with E-state index in [4.69, 9.17) is 0 Å². The Labute approximate surface area is 157 Å². The Morgan fingerprint density at radius 2 is 1.65 bits per heavy atom. The highest BCUT2D eigenvalue weighted by atomic mass is 32.2. The minimum Gasteiger partial charge on any atom is -0.299 e. The van der Waals surface area contributed by atoms with Gasteiger partial charge < -0.3 is 0 Å². The van der Waals surface area contributed by atoms with Crippen molar-refractivity contribution in [3.05, 3.63) is 35.4 Å². The van der Waals surface area contributed by atoms with Gasteiger partial charge in [0.2, 0.25) is 0 Å². The van der Waals surface area contributed by atoms with Gasteiger partial charge in [-0.2, -0.15) is 0 Å². The molecule has 144 valence electrons. The fourth-order valence-corrected chi connectivity index (χ4v) is 5.43. The molecule has 0 aliphatic heterocycles. The van der Waals surface area contributed by atoms with E-state index in [9.17, 15) is 18.0 Å². The molecule has 1 aromatic rings. The average Bonchev–Trinajstić information content (AvgIpc) is 2.61. The highest BCUT2D eigenvalue weighted by Crippen LogP contribution is 2.31. The zero-order valence-electron chi connectivity index (χ0n) is 16.0. The summed E-state index contributed by atoms with van der Waals surface area (Å²) in [6.45, 7) is 5.21. The maximum Gasteiger partial charge on any atom is 0.159 e. The Bertz CT molecular complexity index is 726. The Balaban J connectivity index is 1.85. The Hall–Kier alpha value is -1.49. The summed E-state index contributed by atoms with van der Waals surface area (Å²) in [5.74, 6) is 0.727. The summed E-state index contributed by atoms with van der Waals surface area (Å²) in [6, 6.07) is 7.22. The highest BCUT2D eigenvalue weighted by Gasteiger charge is 2.30. The average molecular weight is 379 g/mol. The van der Waals surface area contributed by atoms with Crippen molar-refractivity contribution in [2.24, 2.45) is 11.8 Å². The van der Waals surface area contributed by atoms with Crippen LogP contribution in [0.5, 0.6) is 0 Å². The summed E-state index contributed by atoms with van der Waals surface area (Å²) >= 11 is 0. The van der Waals surface area contributed by atoms with E-state index in [2.05, 4.69) is 0 Å². The number of Topliss-reactive ketones (excluding diaryl/α,β-unsaturated/α-hetero) is 2. The third-order valence-corrected chi connectivity index (χ3v) is 8.19. The molecule has 0 N–H and O–H groups in total. The van der Waals surface area contributed by atoms with Gasteiger partial charge in [0.05, 0.1) is 11.0 Å². The minimum absolute atomic E-state index is 0.0218. The number of ketones is 2. The maximum atomic E-state index is 12.5. The van der Waals surface area contributed by atoms with Crippen LogP contribution in [0.15, 0.2) is 24.3 Å². The highest BCUT2D eigenvalue weighted by molar-refractivity contribution is 7.92. The van der Waals surface area contributed by atoms with Crippen molar-refractivity contribution >= 4 is 21.4 Å². The van der Waals surface area contributed by atoms with Crippen LogP contribution in [0, 0.1) is 11.8 Å². The fourth-order valence-electron chi connectivity index (χ4n) is 3.60. The van der Waals surface area contributed by atoms with Gasteiger partial charge in [-0.15, -0.1) is 0 Å². The Morgan fingerprint density at radius 3 is 2.15 bits per heavy atom. The van der Waals surface area contributed by atoms with Gasteiger partial charge in [0.1, 0.15) is 5.78 Å². The first-order valence-corrected chi connectivity index (χ1v) is 11.3. The van der Waals surface area contributed by atoms with Crippen molar-refractivity contribution in [1.29, 1.82) is 0 Å². The van der Waals surface area contributed by atoms with Crippen LogP contribution in [-0.2, 0) is 21.1 Å². The quantitative estimate of drug-likeness (QED) is 0.641. The van der Waals surface area contributed by atoms with Crippen LogP contribution in [0.1, 0.15) is 68.8 Å². The maximum absolute atomic E-state index is 12.5. The van der Waals surface area contributed by atoms with Crippen molar-refractivity contribution in [3.63, 3.8) is 0 Å². The Morgan fingerprint density at radius 1 is 1.08 bits per heavy atom. The summed E-state index contributed by atoms with van der Waals surface area (Å²) in [5.41, 5.74) is 1.59. The van der Waals surface area contributed by atoms with Gasteiger partial charge in [-0.3, -0.25) is 9.59 Å². The van der Waals surface area contributed by atoms with Gasteiger partial charge in [-0.25, -0.2) is 8.42 Å². The summed E-state index contributed by atoms with van der Waals surface area (Å²) in [5, 5.41) is -0.278. The summed E-state index contributed by atoms with van der Waals surface area (Å²) < 4.78 is 24.5. The lowest BCUT2D eigenvalue weighted by atomic mass is 9.79. The van der Waals surface area contributed by atoms with Gasteiger partial charge in [0, 0.05) is 17.9 Å². The number of benzene rings is 1. The molecule has 0 aromatic heterocycles. The molecular formula is C21H30O4S. The van der Waals surface area contributed by atoms with Gasteiger partial charge in [0.15, 0.2) is 15.6 Å². The van der Waals surface area contributed by atoms with Crippen molar-refractivity contribution < 1.29 is 18.0 Å². The monoisotopic (exact) mass is 378 g/mol. The zero-order chi connectivity index (χ0) is 19.3. The predicted octanol–water partition coefficient (Wildman–Crippen LogP) is 4.02. The first kappa shape index (κ1) is 20.8. The molecule has 26 heavy (non-hydrogen) atoms. The third kappa shape index (κ3) is 5.50. The second kappa shape index (κ2) is 8.94. The molecule has 1 aromatic carbocycles. The SMILES string of the molecule is CCC(C)S(=O)(=O)CC1CCC(C(=O)Cc2ccc(C(C)=O)cc2)CC1. The van der Waals surface area contributed by atoms with Crippen LogP contribution in [0.3, 0.4) is 0 Å². The number of hydrogen-bond donors (Lipinski definition) is 0. The second-order valence-electron chi connectivity index (χ2n) is 7.66. The summed E-state index contributed by atoms with van der Waals surface area (Å²) in [7, 11) is -3.02. The number of sulfone groups is 1. The molecule has 1 aliphatic rings. The van der Waals surface area contributed by atoms with Crippen molar-refractivity contribution in [2.45, 2.75) is 64.5 Å². The molecule has 0 heterocycles. The van der Waals surface area contributed by atoms with Crippen molar-refractivity contribution in [2.75, 3.05) is 5.75 Å². The Kier molecular flexibility index (Phi) is 7.16. The molecule has 1 saturated carbocycles. The van der Waals surface area contributed by atoms with Gasteiger partial charge in [0.25, 0.3) is 0 Å². The topological polar surface area (TPSA) is 68.3 Å². The van der Waals surface area contributed by atoms with Gasteiger partial charge in [-0.05, 0) is 57.4 Å². The van der Waals surface area contributed by atoms with Crippen LogP contribution in [-0.4, -0.2) is 31.0 Å². The molecule has 1 aliphatic carbocycles. The first-order valence-electron chi connectivity index (χ1n) is 9.57. The molecule has 2 rings (SSSR count). The molecule has 0 bridgehead atoms. The molecule has 4 nitrogen and oxygen atoms in total. The number of carbonyl (C=O) groups excluding carboxylic acids is 2. The van der Waals surface area contributed by atoms with E-state index in [0.29, 0.717) is 18.4 Å². The van der Waals surface area contributed by atoms with Crippen molar-refractivity contribution in [1.82, 2.24) is 0 Å². The minimum atomic E-state index is -3.02. The third-order valence-electron chi connectivity index (χ3n) is 5.70. The number of hydrogen-bond acceptors (Lipinski definition) is 4. The largest absolute Gasteiger partial charge is 0.299 e. The van der Waals surface area contributed by atoms with E-state index in [1.807, 2.05) is 19.1 Å². The molecular weight excluding hydrogens is 348 g/mol. The molecule has 1 unspecified atom stereocenters. The zero-order valence-corrected chi connectivity index (χ0v) is 16.8. The lowest BCUT2D eigenvalue weighted by Crippen LogP contribution is -2.30. The van der Waals surface area contributed by atoms with Crippen LogP contribution >= 0.6 is 0 Å². The smallest absolute Gasteiger partial charge is 0.159 e. The van der Waals surface area contributed by atoms with E-state index >= 15 is 0 Å². The first-order chi connectivity index (χ1) is 12.2. The fraction of sp³-hybridized carbons (Fsp3) is 0.619. The molecule has 1 fully saturated rings. The lowest BCUT2D eigenvalue weighted by molar-refractivity contribution is -0.123. The normalized spacial score (nSPS) is 22.0. The molecule has 0 saturated heterocycles. The number of rotatable bonds is 8. The van der Waals surface area contributed by atoms with Crippen LogP contribution in [0.4, 0.5) is 0 Å².